The van der Waals surface area contributed by atoms with E-state index < -0.39 is 0 Å². The number of hydrogen-bond acceptors (Lipinski definition) is 3. The Morgan fingerprint density at radius 1 is 1.37 bits per heavy atom. The van der Waals surface area contributed by atoms with E-state index in [0.29, 0.717) is 6.54 Å². The van der Waals surface area contributed by atoms with Gasteiger partial charge >= 0.3 is 0 Å². The quantitative estimate of drug-likeness (QED) is 0.915. The minimum Gasteiger partial charge on any atom is -0.361 e. The monoisotopic (exact) mass is 257 g/mol. The number of aromatic nitrogens is 1. The third kappa shape index (κ3) is 3.02. The van der Waals surface area contributed by atoms with E-state index >= 15 is 0 Å². The molecule has 0 radical (unpaired) electrons. The zero-order chi connectivity index (χ0) is 13.8. The van der Waals surface area contributed by atoms with Crippen molar-refractivity contribution in [3.05, 3.63) is 35.9 Å². The standard InChI is InChI=1S/C15H19N3O/c1-4-18(3)14(19)10-16-15-11(2)9-12-7-5-6-8-13(12)17-15/h5-9H,4,10H2,1-3H3,(H,16,17). The number of nitrogens with one attached hydrogen (secondary N) is 1. The van der Waals surface area contributed by atoms with Crippen LogP contribution in [0.5, 0.6) is 0 Å². The summed E-state index contributed by atoms with van der Waals surface area (Å²) < 4.78 is 0. The van der Waals surface area contributed by atoms with E-state index in [0.717, 1.165) is 22.3 Å². The third-order valence-corrected chi connectivity index (χ3v) is 3.22. The van der Waals surface area contributed by atoms with Crippen LogP contribution in [0.15, 0.2) is 30.3 Å². The Morgan fingerprint density at radius 3 is 2.84 bits per heavy atom. The molecule has 1 amide bonds. The van der Waals surface area contributed by atoms with Gasteiger partial charge in [-0.25, -0.2) is 4.98 Å². The first-order valence-electron chi connectivity index (χ1n) is 6.46. The molecule has 2 rings (SSSR count). The Balaban J connectivity index is 2.16. The molecule has 0 bridgehead atoms. The van der Waals surface area contributed by atoms with E-state index in [1.807, 2.05) is 38.1 Å². The summed E-state index contributed by atoms with van der Waals surface area (Å²) in [6, 6.07) is 10.1. The minimum absolute atomic E-state index is 0.0665. The van der Waals surface area contributed by atoms with Crippen LogP contribution in [0.1, 0.15) is 12.5 Å². The third-order valence-electron chi connectivity index (χ3n) is 3.22. The lowest BCUT2D eigenvalue weighted by atomic mass is 10.1. The van der Waals surface area contributed by atoms with Crippen molar-refractivity contribution in [3.8, 4) is 0 Å². The van der Waals surface area contributed by atoms with Crippen molar-refractivity contribution in [2.24, 2.45) is 0 Å². The number of hydrogen-bond donors (Lipinski definition) is 1. The smallest absolute Gasteiger partial charge is 0.241 e. The zero-order valence-corrected chi connectivity index (χ0v) is 11.6. The lowest BCUT2D eigenvalue weighted by Gasteiger charge is -2.16. The van der Waals surface area contributed by atoms with Crippen molar-refractivity contribution in [1.82, 2.24) is 9.88 Å². The van der Waals surface area contributed by atoms with Crippen molar-refractivity contribution in [1.29, 1.82) is 0 Å². The molecule has 4 nitrogen and oxygen atoms in total. The molecule has 0 fully saturated rings. The number of amides is 1. The maximum Gasteiger partial charge on any atom is 0.241 e. The largest absolute Gasteiger partial charge is 0.361 e. The fourth-order valence-electron chi connectivity index (χ4n) is 1.87. The molecule has 0 saturated carbocycles. The molecular weight excluding hydrogens is 238 g/mol. The number of rotatable bonds is 4. The number of anilines is 1. The molecule has 1 aromatic heterocycles. The summed E-state index contributed by atoms with van der Waals surface area (Å²) in [6.45, 7) is 4.94. The first-order chi connectivity index (χ1) is 9.11. The molecule has 2 aromatic rings. The van der Waals surface area contributed by atoms with Gasteiger partial charge in [0.2, 0.25) is 5.91 Å². The summed E-state index contributed by atoms with van der Waals surface area (Å²) in [6.07, 6.45) is 0. The van der Waals surface area contributed by atoms with Crippen LogP contribution in [-0.2, 0) is 4.79 Å². The molecule has 1 aromatic carbocycles. The Bertz CT molecular complexity index is 595. The molecule has 0 atom stereocenters. The number of carbonyl (C=O) groups is 1. The highest BCUT2D eigenvalue weighted by Crippen LogP contribution is 2.19. The molecule has 4 heteroatoms. The van der Waals surface area contributed by atoms with E-state index in [1.54, 1.807) is 11.9 Å². The average molecular weight is 257 g/mol. The maximum absolute atomic E-state index is 11.8. The van der Waals surface area contributed by atoms with Gasteiger partial charge in [0, 0.05) is 19.0 Å². The van der Waals surface area contributed by atoms with Gasteiger partial charge in [-0.15, -0.1) is 0 Å². The number of carbonyl (C=O) groups excluding carboxylic acids is 1. The number of nitrogens with zero attached hydrogens (tertiary/aromatic N) is 2. The molecule has 0 aliphatic carbocycles. The molecule has 0 aliphatic rings. The van der Waals surface area contributed by atoms with Gasteiger partial charge in [0.25, 0.3) is 0 Å². The van der Waals surface area contributed by atoms with Crippen LogP contribution < -0.4 is 5.32 Å². The van der Waals surface area contributed by atoms with Gasteiger partial charge in [-0.3, -0.25) is 4.79 Å². The number of likely N-dealkylation sites (N-methyl/N-ethyl adjacent to an activating group) is 1. The fourth-order valence-corrected chi connectivity index (χ4v) is 1.87. The molecule has 0 unspecified atom stereocenters. The molecule has 0 spiro atoms. The number of fused-ring (bicyclic) bond motifs is 1. The summed E-state index contributed by atoms with van der Waals surface area (Å²) in [5, 5.41) is 4.23. The lowest BCUT2D eigenvalue weighted by molar-refractivity contribution is -0.127. The van der Waals surface area contributed by atoms with Crippen LogP contribution in [-0.4, -0.2) is 35.9 Å². The van der Waals surface area contributed by atoms with Crippen molar-refractivity contribution in [2.45, 2.75) is 13.8 Å². The van der Waals surface area contributed by atoms with Crippen molar-refractivity contribution in [3.63, 3.8) is 0 Å². The van der Waals surface area contributed by atoms with Crippen LogP contribution >= 0.6 is 0 Å². The van der Waals surface area contributed by atoms with Crippen molar-refractivity contribution >= 4 is 22.6 Å². The molecule has 100 valence electrons. The molecule has 0 saturated heterocycles. The van der Waals surface area contributed by atoms with Crippen LogP contribution in [0.25, 0.3) is 10.9 Å². The predicted octanol–water partition coefficient (Wildman–Crippen LogP) is 2.43. The summed E-state index contributed by atoms with van der Waals surface area (Å²) in [5.74, 6) is 0.841. The van der Waals surface area contributed by atoms with Crippen LogP contribution in [0.2, 0.25) is 0 Å². The van der Waals surface area contributed by atoms with Gasteiger partial charge in [0.15, 0.2) is 0 Å². The first-order valence-corrected chi connectivity index (χ1v) is 6.46. The van der Waals surface area contributed by atoms with Gasteiger partial charge in [0.1, 0.15) is 5.82 Å². The normalized spacial score (nSPS) is 10.5. The van der Waals surface area contributed by atoms with E-state index in [-0.39, 0.29) is 12.5 Å². The molecule has 1 N–H and O–H groups in total. The summed E-state index contributed by atoms with van der Waals surface area (Å²) in [4.78, 5) is 18.0. The minimum atomic E-state index is 0.0665. The van der Waals surface area contributed by atoms with Gasteiger partial charge < -0.3 is 10.2 Å². The average Bonchev–Trinajstić information content (AvgIpc) is 2.43. The number of pyridine rings is 1. The topological polar surface area (TPSA) is 45.2 Å². The van der Waals surface area contributed by atoms with E-state index in [2.05, 4.69) is 16.4 Å². The molecule has 0 aliphatic heterocycles. The van der Waals surface area contributed by atoms with E-state index in [1.165, 1.54) is 0 Å². The number of aryl methyl sites for hydroxylation is 1. The zero-order valence-electron chi connectivity index (χ0n) is 11.6. The van der Waals surface area contributed by atoms with Crippen molar-refractivity contribution < 1.29 is 4.79 Å². The first kappa shape index (κ1) is 13.3. The van der Waals surface area contributed by atoms with Gasteiger partial charge in [0.05, 0.1) is 12.1 Å². The molecular formula is C15H19N3O. The summed E-state index contributed by atoms with van der Waals surface area (Å²) in [5.41, 5.74) is 1.98. The van der Waals surface area contributed by atoms with Crippen LogP contribution in [0, 0.1) is 6.92 Å². The Labute approximate surface area is 113 Å². The fraction of sp³-hybridized carbons (Fsp3) is 0.333. The van der Waals surface area contributed by atoms with Crippen molar-refractivity contribution in [2.75, 3.05) is 25.5 Å². The highest BCUT2D eigenvalue weighted by atomic mass is 16.2. The predicted molar refractivity (Wildman–Crippen MR) is 78.3 cm³/mol. The summed E-state index contributed by atoms with van der Waals surface area (Å²) in [7, 11) is 1.80. The highest BCUT2D eigenvalue weighted by Gasteiger charge is 2.08. The second-order valence-electron chi connectivity index (χ2n) is 4.61. The Morgan fingerprint density at radius 2 is 2.11 bits per heavy atom. The molecule has 19 heavy (non-hydrogen) atoms. The van der Waals surface area contributed by atoms with Gasteiger partial charge in [-0.05, 0) is 31.5 Å². The Hall–Kier alpha value is -2.10. The lowest BCUT2D eigenvalue weighted by Crippen LogP contribution is -2.32. The molecule has 1 heterocycles. The van der Waals surface area contributed by atoms with Crippen LogP contribution in [0.3, 0.4) is 0 Å². The summed E-state index contributed by atoms with van der Waals surface area (Å²) >= 11 is 0. The van der Waals surface area contributed by atoms with Gasteiger partial charge in [-0.1, -0.05) is 18.2 Å². The SMILES string of the molecule is CCN(C)C(=O)CNc1nc2ccccc2cc1C. The van der Waals surface area contributed by atoms with E-state index in [4.69, 9.17) is 0 Å². The maximum atomic E-state index is 11.8. The second kappa shape index (κ2) is 5.69. The Kier molecular flexibility index (Phi) is 4.00. The number of benzene rings is 1. The van der Waals surface area contributed by atoms with Gasteiger partial charge in [-0.2, -0.15) is 0 Å². The van der Waals surface area contributed by atoms with E-state index in [9.17, 15) is 4.79 Å². The van der Waals surface area contributed by atoms with Crippen LogP contribution in [0.4, 0.5) is 5.82 Å². The highest BCUT2D eigenvalue weighted by molar-refractivity contribution is 5.83. The second-order valence-corrected chi connectivity index (χ2v) is 4.61. The number of para-hydroxylation sites is 1.